The third-order valence-corrected chi connectivity index (χ3v) is 6.13. The van der Waals surface area contributed by atoms with E-state index in [0.29, 0.717) is 0 Å². The van der Waals surface area contributed by atoms with Gasteiger partial charge in [-0.15, -0.1) is 0 Å². The quantitative estimate of drug-likeness (QED) is 0.790. The Morgan fingerprint density at radius 1 is 1.10 bits per heavy atom. The number of carbonyl (C=O) groups excluding carboxylic acids is 1. The fourth-order valence-corrected chi connectivity index (χ4v) is 4.52. The van der Waals surface area contributed by atoms with Crippen LogP contribution >= 0.6 is 0 Å². The normalized spacial score (nSPS) is 17.8. The molecule has 1 amide bonds. The first-order valence-corrected chi connectivity index (χ1v) is 10.4. The highest BCUT2D eigenvalue weighted by Gasteiger charge is 2.35. The van der Waals surface area contributed by atoms with E-state index in [2.05, 4.69) is 40.4 Å². The van der Waals surface area contributed by atoms with Crippen LogP contribution in [0.25, 0.3) is 0 Å². The van der Waals surface area contributed by atoms with Crippen LogP contribution in [-0.4, -0.2) is 44.0 Å². The first-order chi connectivity index (χ1) is 14.3. The van der Waals surface area contributed by atoms with Crippen LogP contribution in [-0.2, 0) is 12.6 Å². The van der Waals surface area contributed by atoms with E-state index in [9.17, 15) is 18.0 Å². The molecule has 1 N–H and O–H groups in total. The lowest BCUT2D eigenvalue weighted by Crippen LogP contribution is -2.37. The molecule has 1 saturated heterocycles. The molecule has 0 saturated carbocycles. The Hall–Kier alpha value is -2.54. The standard InChI is InChI=1S/C23H26F3N3O/c1-28-13-10-17-14-16(8-9-20(17)28)21(29-11-4-5-12-29)15-27-22(30)18-6-2-3-7-19(18)23(24,25)26/h2-3,6-9,14,21H,4-5,10-13,15H2,1H3,(H,27,30)/t21-/m1/s1. The number of benzene rings is 2. The van der Waals surface area contributed by atoms with E-state index in [1.807, 2.05) is 0 Å². The molecule has 1 fully saturated rings. The highest BCUT2D eigenvalue weighted by molar-refractivity contribution is 5.95. The molecule has 2 aliphatic rings. The minimum absolute atomic E-state index is 0.0503. The predicted octanol–water partition coefficient (Wildman–Crippen LogP) is 4.26. The van der Waals surface area contributed by atoms with Crippen molar-refractivity contribution in [2.45, 2.75) is 31.5 Å². The van der Waals surface area contributed by atoms with Crippen LogP contribution < -0.4 is 10.2 Å². The van der Waals surface area contributed by atoms with Gasteiger partial charge in [0, 0.05) is 25.8 Å². The number of halogens is 3. The van der Waals surface area contributed by atoms with Crippen molar-refractivity contribution < 1.29 is 18.0 Å². The number of nitrogens with zero attached hydrogens (tertiary/aromatic N) is 2. The summed E-state index contributed by atoms with van der Waals surface area (Å²) in [6.07, 6.45) is -1.39. The summed E-state index contributed by atoms with van der Waals surface area (Å²) in [6.45, 7) is 3.12. The Bertz CT molecular complexity index is 922. The molecule has 160 valence electrons. The van der Waals surface area contributed by atoms with Crippen molar-refractivity contribution in [3.63, 3.8) is 0 Å². The highest BCUT2D eigenvalue weighted by Crippen LogP contribution is 2.33. The third-order valence-electron chi connectivity index (χ3n) is 6.13. The Labute approximate surface area is 174 Å². The fourth-order valence-electron chi connectivity index (χ4n) is 4.52. The lowest BCUT2D eigenvalue weighted by molar-refractivity contribution is -0.137. The number of fused-ring (bicyclic) bond motifs is 1. The van der Waals surface area contributed by atoms with Crippen molar-refractivity contribution in [2.24, 2.45) is 0 Å². The van der Waals surface area contributed by atoms with Gasteiger partial charge in [0.25, 0.3) is 5.91 Å². The molecule has 4 rings (SSSR count). The first-order valence-electron chi connectivity index (χ1n) is 10.4. The monoisotopic (exact) mass is 417 g/mol. The van der Waals surface area contributed by atoms with E-state index in [1.165, 1.54) is 29.4 Å². The van der Waals surface area contributed by atoms with Crippen molar-refractivity contribution >= 4 is 11.6 Å². The van der Waals surface area contributed by atoms with Crippen LogP contribution in [0.4, 0.5) is 18.9 Å². The Kier molecular flexibility index (Phi) is 5.73. The van der Waals surface area contributed by atoms with Crippen molar-refractivity contribution in [2.75, 3.05) is 38.1 Å². The number of anilines is 1. The third kappa shape index (κ3) is 4.17. The molecule has 0 spiro atoms. The fraction of sp³-hybridized carbons (Fsp3) is 0.435. The maximum atomic E-state index is 13.3. The van der Waals surface area contributed by atoms with Crippen LogP contribution in [0.2, 0.25) is 0 Å². The summed E-state index contributed by atoms with van der Waals surface area (Å²) in [5, 5.41) is 2.77. The average Bonchev–Trinajstić information content (AvgIpc) is 3.38. The second-order valence-corrected chi connectivity index (χ2v) is 8.07. The number of rotatable bonds is 5. The molecule has 0 aliphatic carbocycles. The minimum atomic E-state index is -4.56. The number of carbonyl (C=O) groups is 1. The molecular formula is C23H26F3N3O. The summed E-state index contributed by atoms with van der Waals surface area (Å²) < 4.78 is 39.9. The minimum Gasteiger partial charge on any atom is -0.374 e. The number of hydrogen-bond acceptors (Lipinski definition) is 3. The Morgan fingerprint density at radius 2 is 1.83 bits per heavy atom. The Morgan fingerprint density at radius 3 is 2.57 bits per heavy atom. The van der Waals surface area contributed by atoms with E-state index >= 15 is 0 Å². The molecule has 0 aromatic heterocycles. The summed E-state index contributed by atoms with van der Waals surface area (Å²) in [6, 6.07) is 11.3. The van der Waals surface area contributed by atoms with E-state index < -0.39 is 17.6 Å². The molecule has 0 unspecified atom stereocenters. The van der Waals surface area contributed by atoms with E-state index in [1.54, 1.807) is 0 Å². The van der Waals surface area contributed by atoms with Crippen molar-refractivity contribution in [1.82, 2.24) is 10.2 Å². The number of amides is 1. The molecule has 2 aromatic rings. The molecule has 2 aliphatic heterocycles. The van der Waals surface area contributed by atoms with Gasteiger partial charge in [-0.3, -0.25) is 9.69 Å². The van der Waals surface area contributed by atoms with Crippen molar-refractivity contribution in [3.05, 3.63) is 64.7 Å². The number of likely N-dealkylation sites (N-methyl/N-ethyl adjacent to an activating group) is 1. The molecule has 2 aromatic carbocycles. The van der Waals surface area contributed by atoms with Gasteiger partial charge in [-0.2, -0.15) is 13.2 Å². The van der Waals surface area contributed by atoms with Crippen molar-refractivity contribution in [1.29, 1.82) is 0 Å². The summed E-state index contributed by atoms with van der Waals surface area (Å²) in [7, 11) is 2.07. The van der Waals surface area contributed by atoms with E-state index in [0.717, 1.165) is 50.5 Å². The summed E-state index contributed by atoms with van der Waals surface area (Å²) in [5.74, 6) is -0.687. The SMILES string of the molecule is CN1CCc2cc([C@@H](CNC(=O)c3ccccc3C(F)(F)F)N3CCCC3)ccc21. The van der Waals surface area contributed by atoms with Gasteiger partial charge in [0.05, 0.1) is 17.2 Å². The molecule has 30 heavy (non-hydrogen) atoms. The molecule has 4 nitrogen and oxygen atoms in total. The molecule has 7 heteroatoms. The maximum Gasteiger partial charge on any atom is 0.417 e. The number of hydrogen-bond donors (Lipinski definition) is 1. The summed E-state index contributed by atoms with van der Waals surface area (Å²) in [4.78, 5) is 17.2. The average molecular weight is 417 g/mol. The molecular weight excluding hydrogens is 391 g/mol. The summed E-state index contributed by atoms with van der Waals surface area (Å²) in [5.41, 5.74) is 2.38. The van der Waals surface area contributed by atoms with Crippen LogP contribution in [0.5, 0.6) is 0 Å². The van der Waals surface area contributed by atoms with Crippen LogP contribution in [0.15, 0.2) is 42.5 Å². The van der Waals surface area contributed by atoms with Crippen LogP contribution in [0, 0.1) is 0 Å². The van der Waals surface area contributed by atoms with Gasteiger partial charge in [0.15, 0.2) is 0 Å². The van der Waals surface area contributed by atoms with Gasteiger partial charge in [-0.05, 0) is 61.7 Å². The molecule has 2 heterocycles. The summed E-state index contributed by atoms with van der Waals surface area (Å²) >= 11 is 0. The Balaban J connectivity index is 1.55. The number of nitrogens with one attached hydrogen (secondary N) is 1. The van der Waals surface area contributed by atoms with Gasteiger partial charge in [-0.25, -0.2) is 0 Å². The van der Waals surface area contributed by atoms with Crippen molar-refractivity contribution in [3.8, 4) is 0 Å². The lowest BCUT2D eigenvalue weighted by atomic mass is 10.0. The lowest BCUT2D eigenvalue weighted by Gasteiger charge is -2.29. The number of likely N-dealkylation sites (tertiary alicyclic amines) is 1. The zero-order chi connectivity index (χ0) is 21.3. The van der Waals surface area contributed by atoms with E-state index in [4.69, 9.17) is 0 Å². The second kappa shape index (κ2) is 8.30. The topological polar surface area (TPSA) is 35.6 Å². The largest absolute Gasteiger partial charge is 0.417 e. The number of alkyl halides is 3. The van der Waals surface area contributed by atoms with Gasteiger partial charge < -0.3 is 10.2 Å². The maximum absolute atomic E-state index is 13.3. The molecule has 0 bridgehead atoms. The smallest absolute Gasteiger partial charge is 0.374 e. The second-order valence-electron chi connectivity index (χ2n) is 8.07. The van der Waals surface area contributed by atoms with Gasteiger partial charge in [0.2, 0.25) is 0 Å². The highest BCUT2D eigenvalue weighted by atomic mass is 19.4. The first kappa shape index (κ1) is 20.7. The van der Waals surface area contributed by atoms with Gasteiger partial charge in [0.1, 0.15) is 0 Å². The molecule has 1 atom stereocenters. The predicted molar refractivity (Wildman–Crippen MR) is 111 cm³/mol. The zero-order valence-corrected chi connectivity index (χ0v) is 17.0. The van der Waals surface area contributed by atoms with E-state index in [-0.39, 0.29) is 18.2 Å². The van der Waals surface area contributed by atoms with Gasteiger partial charge in [-0.1, -0.05) is 24.3 Å². The zero-order valence-electron chi connectivity index (χ0n) is 17.0. The van der Waals surface area contributed by atoms with Crippen LogP contribution in [0.1, 0.15) is 45.9 Å². The molecule has 0 radical (unpaired) electrons. The van der Waals surface area contributed by atoms with Crippen LogP contribution in [0.3, 0.4) is 0 Å². The van der Waals surface area contributed by atoms with Gasteiger partial charge >= 0.3 is 6.18 Å².